The van der Waals surface area contributed by atoms with Gasteiger partial charge in [-0.1, -0.05) is 214 Å². The highest BCUT2D eigenvalue weighted by atomic mass is 15.1. The van der Waals surface area contributed by atoms with Gasteiger partial charge < -0.3 is 9.47 Å². The third kappa shape index (κ3) is 4.80. The molecule has 14 rings (SSSR count). The van der Waals surface area contributed by atoms with Crippen LogP contribution in [-0.4, -0.2) is 4.57 Å². The number of aromatic nitrogens is 1. The second kappa shape index (κ2) is 13.7. The second-order valence-electron chi connectivity index (χ2n) is 18.7. The van der Waals surface area contributed by atoms with Gasteiger partial charge >= 0.3 is 0 Å². The second-order valence-corrected chi connectivity index (χ2v) is 18.7. The topological polar surface area (TPSA) is 8.17 Å². The minimum absolute atomic E-state index is 0.159. The molecule has 11 aromatic rings. The largest absolute Gasteiger partial charge is 0.309 e. The molecule has 0 saturated carbocycles. The standard InChI is InChI=1S/C64H44N2/c1-63(2)51-31-11-8-28-50(51)60-54(63)34-19-39-59(60)65(43-23-16-22-42(40-43)41-20-4-3-5-21-41)57-37-14-9-26-46(57)48-29-17-35-55-61(48)66-58-38-15-10-27-47(58)49-30-18-36-56(62(49)66)64(55)52-32-12-6-24-44(52)45-25-7-13-33-53(45)64/h3-40H,1-2H3. The van der Waals surface area contributed by atoms with Gasteiger partial charge in [0.15, 0.2) is 0 Å². The van der Waals surface area contributed by atoms with Crippen LogP contribution < -0.4 is 4.90 Å². The molecule has 0 saturated heterocycles. The fourth-order valence-electron chi connectivity index (χ4n) is 12.5. The third-order valence-corrected chi connectivity index (χ3v) is 15.2. The van der Waals surface area contributed by atoms with Crippen molar-refractivity contribution in [1.82, 2.24) is 4.57 Å². The normalized spacial score (nSPS) is 14.2. The van der Waals surface area contributed by atoms with E-state index < -0.39 is 5.41 Å². The Morgan fingerprint density at radius 2 is 0.894 bits per heavy atom. The van der Waals surface area contributed by atoms with Crippen molar-refractivity contribution >= 4 is 38.9 Å². The average molecular weight is 841 g/mol. The number of hydrogen-bond donors (Lipinski definition) is 0. The van der Waals surface area contributed by atoms with Gasteiger partial charge in [-0.05, 0) is 91.5 Å². The zero-order valence-corrected chi connectivity index (χ0v) is 36.8. The molecule has 1 aromatic heterocycles. The molecule has 2 heteroatoms. The number of anilines is 3. The van der Waals surface area contributed by atoms with Gasteiger partial charge in [0.05, 0.1) is 33.5 Å². The predicted octanol–water partition coefficient (Wildman–Crippen LogP) is 16.6. The molecule has 66 heavy (non-hydrogen) atoms. The van der Waals surface area contributed by atoms with Gasteiger partial charge in [-0.25, -0.2) is 0 Å². The van der Waals surface area contributed by atoms with Crippen LogP contribution in [-0.2, 0) is 10.8 Å². The lowest BCUT2D eigenvalue weighted by Crippen LogP contribution is -2.33. The molecule has 2 aliphatic carbocycles. The monoisotopic (exact) mass is 840 g/mol. The maximum absolute atomic E-state index is 2.61. The van der Waals surface area contributed by atoms with Gasteiger partial charge in [0.1, 0.15) is 0 Å². The Morgan fingerprint density at radius 1 is 0.364 bits per heavy atom. The predicted molar refractivity (Wildman–Crippen MR) is 275 cm³/mol. The summed E-state index contributed by atoms with van der Waals surface area (Å²) in [6.07, 6.45) is 0. The Kier molecular flexibility index (Phi) is 7.70. The summed E-state index contributed by atoms with van der Waals surface area (Å²) in [6, 6.07) is 86.4. The van der Waals surface area contributed by atoms with Gasteiger partial charge in [0, 0.05) is 38.6 Å². The fraction of sp³-hybridized carbons (Fsp3) is 0.0625. The summed E-state index contributed by atoms with van der Waals surface area (Å²) in [7, 11) is 0. The lowest BCUT2D eigenvalue weighted by atomic mass is 9.65. The van der Waals surface area contributed by atoms with E-state index in [1.807, 2.05) is 0 Å². The van der Waals surface area contributed by atoms with Gasteiger partial charge in [-0.2, -0.15) is 0 Å². The van der Waals surface area contributed by atoms with E-state index >= 15 is 0 Å². The number of fused-ring (bicyclic) bond motifs is 15. The summed E-state index contributed by atoms with van der Waals surface area (Å²) in [5.41, 5.74) is 24.3. The fourth-order valence-corrected chi connectivity index (χ4v) is 12.5. The van der Waals surface area contributed by atoms with E-state index in [1.165, 1.54) is 111 Å². The molecule has 0 fully saturated rings. The van der Waals surface area contributed by atoms with Gasteiger partial charge in [-0.15, -0.1) is 0 Å². The summed E-state index contributed by atoms with van der Waals surface area (Å²) in [6.45, 7) is 4.75. The quantitative estimate of drug-likeness (QED) is 0.168. The van der Waals surface area contributed by atoms with Gasteiger partial charge in [0.25, 0.3) is 0 Å². The third-order valence-electron chi connectivity index (χ3n) is 15.2. The Labute approximate surface area is 385 Å². The SMILES string of the molecule is CC1(C)c2ccccc2-c2c(N(c3cccc(-c4ccccc4)c3)c3ccccc3-c3cccc4c3-n3c5ccccc5c5cccc(c53)C43c4ccccc4-c4ccccc43)cccc21. The van der Waals surface area contributed by atoms with Crippen LogP contribution in [0.3, 0.4) is 0 Å². The van der Waals surface area contributed by atoms with E-state index in [0.717, 1.165) is 11.4 Å². The van der Waals surface area contributed by atoms with Crippen molar-refractivity contribution in [1.29, 1.82) is 0 Å². The average Bonchev–Trinajstić information content (AvgIpc) is 3.96. The Bertz CT molecular complexity index is 3760. The maximum atomic E-state index is 2.61. The molecular weight excluding hydrogens is 797 g/mol. The summed E-state index contributed by atoms with van der Waals surface area (Å²) < 4.78 is 2.61. The van der Waals surface area contributed by atoms with Crippen LogP contribution in [0, 0.1) is 0 Å². The Hall–Kier alpha value is -8.20. The van der Waals surface area contributed by atoms with Crippen molar-refractivity contribution in [3.63, 3.8) is 0 Å². The molecular formula is C64H44N2. The highest BCUT2D eigenvalue weighted by molar-refractivity contribution is 6.14. The van der Waals surface area contributed by atoms with Crippen LogP contribution in [0.5, 0.6) is 0 Å². The molecule has 2 heterocycles. The molecule has 310 valence electrons. The van der Waals surface area contributed by atoms with Crippen molar-refractivity contribution in [2.24, 2.45) is 0 Å². The number of para-hydroxylation sites is 4. The zero-order chi connectivity index (χ0) is 43.7. The number of hydrogen-bond acceptors (Lipinski definition) is 1. The molecule has 0 amide bonds. The summed E-state index contributed by atoms with van der Waals surface area (Å²) in [5.74, 6) is 0. The lowest BCUT2D eigenvalue weighted by Gasteiger charge is -2.40. The van der Waals surface area contributed by atoms with Gasteiger partial charge in [-0.3, -0.25) is 0 Å². The highest BCUT2D eigenvalue weighted by Gasteiger charge is 2.51. The number of rotatable bonds is 5. The van der Waals surface area contributed by atoms with Crippen LogP contribution in [0.4, 0.5) is 17.1 Å². The molecule has 0 N–H and O–H groups in total. The molecule has 0 atom stereocenters. The molecule has 0 radical (unpaired) electrons. The molecule has 0 unspecified atom stereocenters. The van der Waals surface area contributed by atoms with Crippen LogP contribution in [0.1, 0.15) is 47.2 Å². The van der Waals surface area contributed by atoms with Crippen molar-refractivity contribution in [3.05, 3.63) is 264 Å². The summed E-state index contributed by atoms with van der Waals surface area (Å²) >= 11 is 0. The van der Waals surface area contributed by atoms with E-state index in [4.69, 9.17) is 0 Å². The highest BCUT2D eigenvalue weighted by Crippen LogP contribution is 2.63. The van der Waals surface area contributed by atoms with Crippen LogP contribution in [0.25, 0.3) is 72.0 Å². The molecule has 0 bridgehead atoms. The lowest BCUT2D eigenvalue weighted by molar-refractivity contribution is 0.660. The van der Waals surface area contributed by atoms with E-state index in [-0.39, 0.29) is 5.41 Å². The first-order valence-corrected chi connectivity index (χ1v) is 23.2. The van der Waals surface area contributed by atoms with Crippen molar-refractivity contribution < 1.29 is 0 Å². The van der Waals surface area contributed by atoms with Crippen LogP contribution in [0.15, 0.2) is 231 Å². The molecule has 1 spiro atoms. The smallest absolute Gasteiger partial charge is 0.0754 e. The van der Waals surface area contributed by atoms with E-state index in [9.17, 15) is 0 Å². The minimum atomic E-state index is -0.545. The minimum Gasteiger partial charge on any atom is -0.309 e. The first-order chi connectivity index (χ1) is 32.5. The number of benzene rings is 10. The van der Waals surface area contributed by atoms with E-state index in [1.54, 1.807) is 0 Å². The summed E-state index contributed by atoms with van der Waals surface area (Å²) in [5, 5.41) is 2.54. The Morgan fingerprint density at radius 3 is 1.70 bits per heavy atom. The van der Waals surface area contributed by atoms with E-state index in [0.29, 0.717) is 0 Å². The number of nitrogens with zero attached hydrogens (tertiary/aromatic N) is 2. The van der Waals surface area contributed by atoms with Crippen molar-refractivity contribution in [3.8, 4) is 50.2 Å². The first kappa shape index (κ1) is 37.2. The molecule has 1 aliphatic heterocycles. The molecule has 3 aliphatic rings. The van der Waals surface area contributed by atoms with Gasteiger partial charge in [0.2, 0.25) is 0 Å². The zero-order valence-electron chi connectivity index (χ0n) is 36.8. The summed E-state index contributed by atoms with van der Waals surface area (Å²) in [4.78, 5) is 2.55. The van der Waals surface area contributed by atoms with E-state index in [2.05, 4.69) is 254 Å². The maximum Gasteiger partial charge on any atom is 0.0754 e. The van der Waals surface area contributed by atoms with Crippen LogP contribution >= 0.6 is 0 Å². The molecule has 10 aromatic carbocycles. The first-order valence-electron chi connectivity index (χ1n) is 23.2. The Balaban J connectivity index is 1.11. The molecule has 2 nitrogen and oxygen atoms in total. The van der Waals surface area contributed by atoms with Crippen molar-refractivity contribution in [2.45, 2.75) is 24.7 Å². The van der Waals surface area contributed by atoms with Crippen LogP contribution in [0.2, 0.25) is 0 Å². The van der Waals surface area contributed by atoms with Crippen molar-refractivity contribution in [2.75, 3.05) is 4.90 Å².